The van der Waals surface area contributed by atoms with E-state index in [2.05, 4.69) is 18.8 Å². The maximum atomic E-state index is 12.2. The largest absolute Gasteiger partial charge is 0.482 e. The molecule has 3 aromatic rings. The number of aromatic nitrogens is 1. The first-order valence-corrected chi connectivity index (χ1v) is 11.4. The van der Waals surface area contributed by atoms with Gasteiger partial charge in [0, 0.05) is 17.3 Å². The zero-order valence-electron chi connectivity index (χ0n) is 18.4. The molecule has 3 rings (SSSR count). The molecular formula is C24H25ClN2O4S. The standard InChI is InChI=1S/C24H25ClN2O4S/c1-15(2)22-9-8-21(10-16(22)3)30-13-23(29)31-12-19-14-32-24(26-19)27(17(4)28)20-7-5-6-18(25)11-20/h5-11,14-15H,12-13H2,1-4H3. The molecule has 1 amide bonds. The Bertz CT molecular complexity index is 1110. The molecule has 0 N–H and O–H groups in total. The van der Waals surface area contributed by atoms with E-state index in [9.17, 15) is 9.59 Å². The van der Waals surface area contributed by atoms with Crippen molar-refractivity contribution >= 4 is 45.6 Å². The lowest BCUT2D eigenvalue weighted by Gasteiger charge is -2.18. The number of hydrogen-bond acceptors (Lipinski definition) is 6. The summed E-state index contributed by atoms with van der Waals surface area (Å²) in [6.45, 7) is 7.54. The molecule has 0 atom stereocenters. The minimum Gasteiger partial charge on any atom is -0.482 e. The average Bonchev–Trinajstić information content (AvgIpc) is 3.18. The predicted molar refractivity (Wildman–Crippen MR) is 127 cm³/mol. The Balaban J connectivity index is 1.57. The summed E-state index contributed by atoms with van der Waals surface area (Å²) in [6.07, 6.45) is 0. The first kappa shape index (κ1) is 23.8. The van der Waals surface area contributed by atoms with Crippen molar-refractivity contribution in [2.24, 2.45) is 0 Å². The van der Waals surface area contributed by atoms with Crippen LogP contribution in [0.15, 0.2) is 47.8 Å². The van der Waals surface area contributed by atoms with E-state index in [1.165, 1.54) is 28.7 Å². The minimum atomic E-state index is -0.497. The van der Waals surface area contributed by atoms with E-state index in [0.717, 1.165) is 5.56 Å². The van der Waals surface area contributed by atoms with Crippen LogP contribution in [0.25, 0.3) is 0 Å². The molecule has 0 spiro atoms. The summed E-state index contributed by atoms with van der Waals surface area (Å²) in [5, 5.41) is 2.74. The van der Waals surface area contributed by atoms with Crippen molar-refractivity contribution in [3.8, 4) is 5.75 Å². The second kappa shape index (κ2) is 10.6. The summed E-state index contributed by atoms with van der Waals surface area (Å²) in [6, 6.07) is 12.8. The Labute approximate surface area is 196 Å². The molecule has 0 aliphatic heterocycles. The average molecular weight is 473 g/mol. The van der Waals surface area contributed by atoms with Crippen LogP contribution in [0.2, 0.25) is 5.02 Å². The van der Waals surface area contributed by atoms with Gasteiger partial charge in [0.25, 0.3) is 0 Å². The van der Waals surface area contributed by atoms with E-state index in [1.807, 2.05) is 25.1 Å². The molecule has 6 nitrogen and oxygen atoms in total. The maximum absolute atomic E-state index is 12.2. The van der Waals surface area contributed by atoms with Crippen molar-refractivity contribution in [1.29, 1.82) is 0 Å². The van der Waals surface area contributed by atoms with Crippen LogP contribution in [0.5, 0.6) is 5.75 Å². The van der Waals surface area contributed by atoms with Crippen molar-refractivity contribution in [3.05, 3.63) is 69.7 Å². The number of carbonyl (C=O) groups is 2. The summed E-state index contributed by atoms with van der Waals surface area (Å²) >= 11 is 7.33. The molecule has 168 valence electrons. The first-order valence-electron chi connectivity index (χ1n) is 10.1. The number of rotatable bonds is 8. The Hall–Kier alpha value is -2.90. The first-order chi connectivity index (χ1) is 15.2. The van der Waals surface area contributed by atoms with Gasteiger partial charge < -0.3 is 9.47 Å². The number of benzene rings is 2. The predicted octanol–water partition coefficient (Wildman–Crippen LogP) is 6.04. The highest BCUT2D eigenvalue weighted by Gasteiger charge is 2.19. The fraction of sp³-hybridized carbons (Fsp3) is 0.292. The molecule has 2 aromatic carbocycles. The van der Waals surface area contributed by atoms with Crippen molar-refractivity contribution < 1.29 is 19.1 Å². The highest BCUT2D eigenvalue weighted by molar-refractivity contribution is 7.14. The molecule has 0 saturated heterocycles. The van der Waals surface area contributed by atoms with Gasteiger partial charge in [-0.2, -0.15) is 0 Å². The number of halogens is 1. The molecule has 0 unspecified atom stereocenters. The quantitative estimate of drug-likeness (QED) is 0.374. The molecule has 0 aliphatic carbocycles. The highest BCUT2D eigenvalue weighted by atomic mass is 35.5. The number of hydrogen-bond donors (Lipinski definition) is 0. The van der Waals surface area contributed by atoms with Gasteiger partial charge in [-0.05, 0) is 54.3 Å². The third kappa shape index (κ3) is 6.08. The van der Waals surface area contributed by atoms with Crippen molar-refractivity contribution in [2.75, 3.05) is 11.5 Å². The van der Waals surface area contributed by atoms with Gasteiger partial charge in [-0.3, -0.25) is 9.69 Å². The van der Waals surface area contributed by atoms with Gasteiger partial charge in [0.15, 0.2) is 11.7 Å². The highest BCUT2D eigenvalue weighted by Crippen LogP contribution is 2.30. The zero-order chi connectivity index (χ0) is 23.3. The summed E-state index contributed by atoms with van der Waals surface area (Å²) < 4.78 is 10.8. The monoisotopic (exact) mass is 472 g/mol. The molecule has 1 aromatic heterocycles. The van der Waals surface area contributed by atoms with Gasteiger partial charge >= 0.3 is 5.97 Å². The van der Waals surface area contributed by atoms with Crippen LogP contribution in [0.3, 0.4) is 0 Å². The number of aryl methyl sites for hydroxylation is 1. The van der Waals surface area contributed by atoms with E-state index in [0.29, 0.717) is 33.2 Å². The number of carbonyl (C=O) groups excluding carboxylic acids is 2. The SMILES string of the molecule is CC(=O)N(c1cccc(Cl)c1)c1nc(COC(=O)COc2ccc(C(C)C)c(C)c2)cs1. The second-order valence-electron chi connectivity index (χ2n) is 7.58. The van der Waals surface area contributed by atoms with E-state index in [-0.39, 0.29) is 19.1 Å². The lowest BCUT2D eigenvalue weighted by molar-refractivity contribution is -0.147. The second-order valence-corrected chi connectivity index (χ2v) is 8.85. The number of thiazole rings is 1. The van der Waals surface area contributed by atoms with Crippen LogP contribution in [0.4, 0.5) is 10.8 Å². The van der Waals surface area contributed by atoms with E-state index in [1.54, 1.807) is 29.6 Å². The van der Waals surface area contributed by atoms with Crippen molar-refractivity contribution in [3.63, 3.8) is 0 Å². The number of ether oxygens (including phenoxy) is 2. The van der Waals surface area contributed by atoms with Gasteiger partial charge in [0.2, 0.25) is 5.91 Å². The summed E-state index contributed by atoms with van der Waals surface area (Å²) in [5.41, 5.74) is 3.53. The zero-order valence-corrected chi connectivity index (χ0v) is 20.0. The molecule has 1 heterocycles. The van der Waals surface area contributed by atoms with E-state index >= 15 is 0 Å². The van der Waals surface area contributed by atoms with Gasteiger partial charge in [-0.1, -0.05) is 37.6 Å². The molecule has 0 radical (unpaired) electrons. The van der Waals surface area contributed by atoms with Crippen molar-refractivity contribution in [1.82, 2.24) is 4.98 Å². The summed E-state index contributed by atoms with van der Waals surface area (Å²) in [5.74, 6) is 0.356. The third-order valence-corrected chi connectivity index (χ3v) is 5.82. The number of anilines is 2. The van der Waals surface area contributed by atoms with Crippen LogP contribution in [-0.4, -0.2) is 23.5 Å². The lowest BCUT2D eigenvalue weighted by atomic mass is 9.98. The van der Waals surface area contributed by atoms with Gasteiger partial charge in [-0.25, -0.2) is 9.78 Å². The smallest absolute Gasteiger partial charge is 0.344 e. The maximum Gasteiger partial charge on any atom is 0.344 e. The van der Waals surface area contributed by atoms with Crippen LogP contribution in [0, 0.1) is 6.92 Å². The third-order valence-electron chi connectivity index (χ3n) is 4.71. The molecule has 0 fully saturated rings. The fourth-order valence-electron chi connectivity index (χ4n) is 3.23. The topological polar surface area (TPSA) is 68.7 Å². The van der Waals surface area contributed by atoms with Crippen LogP contribution < -0.4 is 9.64 Å². The fourth-order valence-corrected chi connectivity index (χ4v) is 4.29. The van der Waals surface area contributed by atoms with E-state index in [4.69, 9.17) is 21.1 Å². The Kier molecular flexibility index (Phi) is 7.88. The summed E-state index contributed by atoms with van der Waals surface area (Å²) in [7, 11) is 0. The van der Waals surface area contributed by atoms with E-state index < -0.39 is 5.97 Å². The lowest BCUT2D eigenvalue weighted by Crippen LogP contribution is -2.22. The van der Waals surface area contributed by atoms with Gasteiger partial charge in [-0.15, -0.1) is 11.3 Å². The van der Waals surface area contributed by atoms with Gasteiger partial charge in [0.1, 0.15) is 12.4 Å². The minimum absolute atomic E-state index is 0.00863. The molecular weight excluding hydrogens is 448 g/mol. The molecule has 8 heteroatoms. The Morgan fingerprint density at radius 3 is 2.62 bits per heavy atom. The number of esters is 1. The molecule has 32 heavy (non-hydrogen) atoms. The van der Waals surface area contributed by atoms with Gasteiger partial charge in [0.05, 0.1) is 11.4 Å². The van der Waals surface area contributed by atoms with Crippen molar-refractivity contribution in [2.45, 2.75) is 40.2 Å². The summed E-state index contributed by atoms with van der Waals surface area (Å²) in [4.78, 5) is 30.2. The Morgan fingerprint density at radius 1 is 1.19 bits per heavy atom. The van der Waals surface area contributed by atoms with Crippen LogP contribution >= 0.6 is 22.9 Å². The van der Waals surface area contributed by atoms with Crippen LogP contribution in [-0.2, 0) is 20.9 Å². The molecule has 0 bridgehead atoms. The normalized spacial score (nSPS) is 10.8. The molecule has 0 aliphatic rings. The molecule has 0 saturated carbocycles. The number of amides is 1. The van der Waals surface area contributed by atoms with Crippen LogP contribution in [0.1, 0.15) is 43.5 Å². The Morgan fingerprint density at radius 2 is 1.97 bits per heavy atom. The number of nitrogens with zero attached hydrogens (tertiary/aromatic N) is 2.